The van der Waals surface area contributed by atoms with Crippen LogP contribution in [0.25, 0.3) is 5.78 Å². The highest BCUT2D eigenvalue weighted by Gasteiger charge is 2.19. The second-order valence-electron chi connectivity index (χ2n) is 6.86. The Labute approximate surface area is 151 Å². The van der Waals surface area contributed by atoms with Crippen molar-refractivity contribution < 1.29 is 14.6 Å². The first kappa shape index (κ1) is 16.6. The fraction of sp³-hybridized carbons (Fsp3) is 0.350. The maximum Gasteiger partial charge on any atom is 0.342 e. The molecular formula is C20H21N3O3. The molecule has 4 rings (SSSR count). The predicted octanol–water partition coefficient (Wildman–Crippen LogP) is 3.29. The fourth-order valence-electron chi connectivity index (χ4n) is 3.54. The van der Waals surface area contributed by atoms with Crippen LogP contribution in [-0.4, -0.2) is 25.4 Å². The molecule has 134 valence electrons. The van der Waals surface area contributed by atoms with Gasteiger partial charge in [-0.3, -0.25) is 4.40 Å². The molecule has 0 fully saturated rings. The van der Waals surface area contributed by atoms with Crippen molar-refractivity contribution in [2.45, 2.75) is 46.1 Å². The number of hydrogen-bond acceptors (Lipinski definition) is 5. The lowest BCUT2D eigenvalue weighted by Gasteiger charge is -2.17. The van der Waals surface area contributed by atoms with Crippen LogP contribution in [0.1, 0.15) is 51.4 Å². The third-order valence-electron chi connectivity index (χ3n) is 4.84. The highest BCUT2D eigenvalue weighted by Crippen LogP contribution is 2.29. The molecule has 0 amide bonds. The predicted molar refractivity (Wildman–Crippen MR) is 96.3 cm³/mol. The van der Waals surface area contributed by atoms with Gasteiger partial charge in [-0.15, -0.1) is 0 Å². The molecule has 1 aliphatic carbocycles. The van der Waals surface area contributed by atoms with Gasteiger partial charge in [-0.1, -0.05) is 0 Å². The van der Waals surface area contributed by atoms with Crippen LogP contribution in [0, 0.1) is 13.8 Å². The Kier molecular flexibility index (Phi) is 4.11. The Bertz CT molecular complexity index is 1010. The largest absolute Gasteiger partial charge is 0.507 e. The lowest BCUT2D eigenvalue weighted by molar-refractivity contribution is 0.0465. The smallest absolute Gasteiger partial charge is 0.342 e. The van der Waals surface area contributed by atoms with Crippen LogP contribution in [0.15, 0.2) is 24.4 Å². The van der Waals surface area contributed by atoms with Crippen molar-refractivity contribution >= 4 is 11.7 Å². The molecular weight excluding hydrogens is 330 g/mol. The number of hydrogen-bond donors (Lipinski definition) is 1. The van der Waals surface area contributed by atoms with Crippen LogP contribution in [0.3, 0.4) is 0 Å². The van der Waals surface area contributed by atoms with Gasteiger partial charge < -0.3 is 9.84 Å². The van der Waals surface area contributed by atoms with E-state index >= 15 is 0 Å². The number of aromatic nitrogens is 3. The summed E-state index contributed by atoms with van der Waals surface area (Å²) < 4.78 is 7.25. The van der Waals surface area contributed by atoms with Crippen molar-refractivity contribution in [3.63, 3.8) is 0 Å². The molecule has 26 heavy (non-hydrogen) atoms. The van der Waals surface area contributed by atoms with E-state index in [1.165, 1.54) is 0 Å². The molecule has 1 aromatic carbocycles. The Morgan fingerprint density at radius 2 is 1.88 bits per heavy atom. The number of benzene rings is 1. The topological polar surface area (TPSA) is 76.7 Å². The first-order chi connectivity index (χ1) is 12.5. The third-order valence-corrected chi connectivity index (χ3v) is 4.84. The molecule has 1 aliphatic rings. The number of esters is 1. The monoisotopic (exact) mass is 351 g/mol. The van der Waals surface area contributed by atoms with Crippen LogP contribution in [0.2, 0.25) is 0 Å². The SMILES string of the molecule is Cc1cc(C)n2cc(COC(=O)c3cc4c(cc3O)CCCC4)nc2n1. The molecule has 6 nitrogen and oxygen atoms in total. The van der Waals surface area contributed by atoms with Gasteiger partial charge in [-0.25, -0.2) is 14.8 Å². The summed E-state index contributed by atoms with van der Waals surface area (Å²) in [5, 5.41) is 10.2. The summed E-state index contributed by atoms with van der Waals surface area (Å²) in [5.41, 5.74) is 5.01. The first-order valence-electron chi connectivity index (χ1n) is 8.85. The molecule has 0 saturated carbocycles. The molecule has 2 heterocycles. The Balaban J connectivity index is 1.53. The lowest BCUT2D eigenvalue weighted by atomic mass is 9.90. The average Bonchev–Trinajstić information content (AvgIpc) is 3.02. The van der Waals surface area contributed by atoms with Gasteiger partial charge in [0.25, 0.3) is 0 Å². The van der Waals surface area contributed by atoms with E-state index in [1.54, 1.807) is 12.1 Å². The molecule has 0 radical (unpaired) electrons. The van der Waals surface area contributed by atoms with E-state index in [9.17, 15) is 9.90 Å². The number of ether oxygens (including phenoxy) is 1. The Morgan fingerprint density at radius 1 is 1.15 bits per heavy atom. The zero-order chi connectivity index (χ0) is 18.3. The van der Waals surface area contributed by atoms with Crippen LogP contribution in [0.5, 0.6) is 5.75 Å². The number of nitrogens with zero attached hydrogens (tertiary/aromatic N) is 3. The van der Waals surface area contributed by atoms with E-state index in [4.69, 9.17) is 4.74 Å². The van der Waals surface area contributed by atoms with Crippen molar-refractivity contribution in [1.29, 1.82) is 0 Å². The second-order valence-corrected chi connectivity index (χ2v) is 6.86. The fourth-order valence-corrected chi connectivity index (χ4v) is 3.54. The molecule has 2 aromatic heterocycles. The van der Waals surface area contributed by atoms with Gasteiger partial charge in [0.05, 0.1) is 5.69 Å². The maximum atomic E-state index is 12.4. The Morgan fingerprint density at radius 3 is 2.65 bits per heavy atom. The molecule has 6 heteroatoms. The number of phenols is 1. The normalized spacial score (nSPS) is 13.6. The zero-order valence-electron chi connectivity index (χ0n) is 15.0. The minimum absolute atomic E-state index is 0.0150. The molecule has 0 saturated heterocycles. The molecule has 0 unspecified atom stereocenters. The summed E-state index contributed by atoms with van der Waals surface area (Å²) in [6.45, 7) is 3.93. The summed E-state index contributed by atoms with van der Waals surface area (Å²) in [6.07, 6.45) is 5.94. The molecule has 0 aliphatic heterocycles. The van der Waals surface area contributed by atoms with Crippen molar-refractivity contribution in [2.75, 3.05) is 0 Å². The minimum atomic E-state index is -0.534. The average molecular weight is 351 g/mol. The van der Waals surface area contributed by atoms with E-state index in [0.29, 0.717) is 11.5 Å². The highest BCUT2D eigenvalue weighted by atomic mass is 16.5. The van der Waals surface area contributed by atoms with Crippen LogP contribution >= 0.6 is 0 Å². The summed E-state index contributed by atoms with van der Waals surface area (Å²) in [7, 11) is 0. The van der Waals surface area contributed by atoms with E-state index < -0.39 is 5.97 Å². The number of fused-ring (bicyclic) bond motifs is 2. The molecule has 1 N–H and O–H groups in total. The van der Waals surface area contributed by atoms with Gasteiger partial charge in [0.1, 0.15) is 17.9 Å². The summed E-state index contributed by atoms with van der Waals surface area (Å²) >= 11 is 0. The summed E-state index contributed by atoms with van der Waals surface area (Å²) in [5.74, 6) is 0.0396. The third kappa shape index (κ3) is 3.03. The molecule has 0 bridgehead atoms. The zero-order valence-corrected chi connectivity index (χ0v) is 15.0. The number of phenolic OH excluding ortho intramolecular Hbond substituents is 1. The van der Waals surface area contributed by atoms with E-state index in [-0.39, 0.29) is 17.9 Å². The maximum absolute atomic E-state index is 12.4. The standard InChI is InChI=1S/C20H21N3O3/c1-12-7-13(2)23-10-16(22-20(23)21-12)11-26-19(25)17-8-14-5-3-4-6-15(14)9-18(17)24/h7-10,24H,3-6,11H2,1-2H3. The first-order valence-corrected chi connectivity index (χ1v) is 8.85. The van der Waals surface area contributed by atoms with Gasteiger partial charge in [0, 0.05) is 17.6 Å². The van der Waals surface area contributed by atoms with Gasteiger partial charge in [0.2, 0.25) is 5.78 Å². The molecule has 0 atom stereocenters. The van der Waals surface area contributed by atoms with Crippen molar-refractivity contribution in [2.24, 2.45) is 0 Å². The minimum Gasteiger partial charge on any atom is -0.507 e. The quantitative estimate of drug-likeness (QED) is 0.733. The van der Waals surface area contributed by atoms with Crippen molar-refractivity contribution in [3.8, 4) is 5.75 Å². The van der Waals surface area contributed by atoms with E-state index in [2.05, 4.69) is 9.97 Å². The Hall–Kier alpha value is -2.89. The van der Waals surface area contributed by atoms with Crippen molar-refractivity contribution in [3.05, 3.63) is 58.2 Å². The van der Waals surface area contributed by atoms with E-state index in [1.807, 2.05) is 30.5 Å². The van der Waals surface area contributed by atoms with Gasteiger partial charge >= 0.3 is 5.97 Å². The number of aryl methyl sites for hydroxylation is 4. The van der Waals surface area contributed by atoms with Crippen LogP contribution in [-0.2, 0) is 24.2 Å². The lowest BCUT2D eigenvalue weighted by Crippen LogP contribution is -2.09. The van der Waals surface area contributed by atoms with Crippen LogP contribution < -0.4 is 0 Å². The number of aromatic hydroxyl groups is 1. The number of imidazole rings is 1. The number of carbonyl (C=O) groups is 1. The number of rotatable bonds is 3. The number of carbonyl (C=O) groups excluding carboxylic acids is 1. The second kappa shape index (κ2) is 6.44. The van der Waals surface area contributed by atoms with Crippen molar-refractivity contribution in [1.82, 2.24) is 14.4 Å². The van der Waals surface area contributed by atoms with Crippen LogP contribution in [0.4, 0.5) is 0 Å². The highest BCUT2D eigenvalue weighted by molar-refractivity contribution is 5.92. The molecule has 0 spiro atoms. The molecule has 3 aromatic rings. The van der Waals surface area contributed by atoms with Gasteiger partial charge in [-0.05, 0) is 68.9 Å². The van der Waals surface area contributed by atoms with Gasteiger partial charge in [-0.2, -0.15) is 0 Å². The van der Waals surface area contributed by atoms with E-state index in [0.717, 1.165) is 48.2 Å². The van der Waals surface area contributed by atoms with Gasteiger partial charge in [0.15, 0.2) is 0 Å². The summed E-state index contributed by atoms with van der Waals surface area (Å²) in [4.78, 5) is 21.2. The summed E-state index contributed by atoms with van der Waals surface area (Å²) in [6, 6.07) is 5.44.